The predicted molar refractivity (Wildman–Crippen MR) is 72.0 cm³/mol. The fourth-order valence-electron chi connectivity index (χ4n) is 3.49. The molecule has 0 aromatic heterocycles. The molecule has 1 saturated carbocycles. The number of aliphatic hydroxyl groups is 1. The first-order valence-corrected chi connectivity index (χ1v) is 7.55. The number of piperidine rings is 1. The van der Waals surface area contributed by atoms with Crippen molar-refractivity contribution in [3.05, 3.63) is 0 Å². The van der Waals surface area contributed by atoms with E-state index in [0.29, 0.717) is 0 Å². The van der Waals surface area contributed by atoms with Crippen LogP contribution >= 0.6 is 0 Å². The van der Waals surface area contributed by atoms with E-state index in [-0.39, 0.29) is 6.10 Å². The summed E-state index contributed by atoms with van der Waals surface area (Å²) in [4.78, 5) is 2.67. The second kappa shape index (κ2) is 6.19. The standard InChI is InChI=1S/C15H29NO/c1-12(2)14-7-9-16(10-8-14)11-13-3-5-15(17)6-4-13/h12-15,17H,3-11H2,1-2H3. The number of hydrogen-bond donors (Lipinski definition) is 1. The van der Waals surface area contributed by atoms with Crippen LogP contribution in [0.25, 0.3) is 0 Å². The lowest BCUT2D eigenvalue weighted by molar-refractivity contribution is 0.0810. The van der Waals surface area contributed by atoms with Crippen LogP contribution in [0.5, 0.6) is 0 Å². The monoisotopic (exact) mass is 239 g/mol. The highest BCUT2D eigenvalue weighted by atomic mass is 16.3. The van der Waals surface area contributed by atoms with E-state index in [9.17, 15) is 5.11 Å². The van der Waals surface area contributed by atoms with E-state index in [1.54, 1.807) is 0 Å². The minimum absolute atomic E-state index is 0.00192. The van der Waals surface area contributed by atoms with Gasteiger partial charge in [0.05, 0.1) is 6.10 Å². The molecule has 1 N–H and O–H groups in total. The predicted octanol–water partition coefficient (Wildman–Crippen LogP) is 2.91. The molecule has 0 bridgehead atoms. The second-order valence-corrected chi connectivity index (χ2v) is 6.56. The number of rotatable bonds is 3. The minimum atomic E-state index is -0.00192. The molecule has 0 radical (unpaired) electrons. The number of aliphatic hydroxyl groups excluding tert-OH is 1. The van der Waals surface area contributed by atoms with Crippen LogP contribution in [0, 0.1) is 17.8 Å². The van der Waals surface area contributed by atoms with Gasteiger partial charge in [-0.15, -0.1) is 0 Å². The van der Waals surface area contributed by atoms with E-state index in [1.807, 2.05) is 0 Å². The van der Waals surface area contributed by atoms with Crippen LogP contribution in [0.4, 0.5) is 0 Å². The molecule has 1 heterocycles. The Morgan fingerprint density at radius 1 is 1.00 bits per heavy atom. The highest BCUT2D eigenvalue weighted by molar-refractivity contribution is 4.79. The first-order chi connectivity index (χ1) is 8.15. The molecule has 0 amide bonds. The third-order valence-electron chi connectivity index (χ3n) is 4.91. The maximum Gasteiger partial charge on any atom is 0.0540 e. The molecule has 0 unspecified atom stereocenters. The Morgan fingerprint density at radius 2 is 1.59 bits per heavy atom. The summed E-state index contributed by atoms with van der Waals surface area (Å²) in [7, 11) is 0. The molecule has 2 rings (SSSR count). The molecule has 0 aromatic rings. The normalized spacial score (nSPS) is 33.2. The van der Waals surface area contributed by atoms with Gasteiger partial charge in [0, 0.05) is 6.54 Å². The zero-order valence-corrected chi connectivity index (χ0v) is 11.6. The molecule has 1 aliphatic heterocycles. The van der Waals surface area contributed by atoms with E-state index in [2.05, 4.69) is 18.7 Å². The van der Waals surface area contributed by atoms with Gasteiger partial charge in [-0.2, -0.15) is 0 Å². The van der Waals surface area contributed by atoms with Gasteiger partial charge < -0.3 is 10.0 Å². The lowest BCUT2D eigenvalue weighted by Gasteiger charge is -2.37. The second-order valence-electron chi connectivity index (χ2n) is 6.56. The van der Waals surface area contributed by atoms with Crippen molar-refractivity contribution in [2.75, 3.05) is 19.6 Å². The van der Waals surface area contributed by atoms with Crippen molar-refractivity contribution >= 4 is 0 Å². The molecule has 2 aliphatic rings. The van der Waals surface area contributed by atoms with Gasteiger partial charge in [0.1, 0.15) is 0 Å². The molecule has 0 atom stereocenters. The van der Waals surface area contributed by atoms with Crippen LogP contribution in [-0.2, 0) is 0 Å². The van der Waals surface area contributed by atoms with Gasteiger partial charge in [0.15, 0.2) is 0 Å². The topological polar surface area (TPSA) is 23.5 Å². The summed E-state index contributed by atoms with van der Waals surface area (Å²) in [6.45, 7) is 8.63. The zero-order chi connectivity index (χ0) is 12.3. The van der Waals surface area contributed by atoms with Crippen molar-refractivity contribution in [3.63, 3.8) is 0 Å². The Labute approximate surface area is 106 Å². The van der Waals surface area contributed by atoms with Crippen LogP contribution in [0.1, 0.15) is 52.4 Å². The Hall–Kier alpha value is -0.0800. The number of hydrogen-bond acceptors (Lipinski definition) is 2. The van der Waals surface area contributed by atoms with Crippen molar-refractivity contribution in [1.82, 2.24) is 4.90 Å². The fraction of sp³-hybridized carbons (Fsp3) is 1.00. The summed E-state index contributed by atoms with van der Waals surface area (Å²) in [5, 5.41) is 9.51. The summed E-state index contributed by atoms with van der Waals surface area (Å²) in [5.74, 6) is 2.68. The molecule has 0 spiro atoms. The lowest BCUT2D eigenvalue weighted by atomic mass is 9.84. The minimum Gasteiger partial charge on any atom is -0.393 e. The van der Waals surface area contributed by atoms with Crippen LogP contribution in [0.3, 0.4) is 0 Å². The maximum atomic E-state index is 9.51. The van der Waals surface area contributed by atoms with Crippen molar-refractivity contribution in [2.45, 2.75) is 58.5 Å². The van der Waals surface area contributed by atoms with Crippen LogP contribution in [0.2, 0.25) is 0 Å². The van der Waals surface area contributed by atoms with E-state index in [0.717, 1.165) is 30.6 Å². The Balaban J connectivity index is 1.67. The van der Waals surface area contributed by atoms with Gasteiger partial charge in [0.2, 0.25) is 0 Å². The Bertz CT molecular complexity index is 213. The molecule has 1 aliphatic carbocycles. The largest absolute Gasteiger partial charge is 0.393 e. The van der Waals surface area contributed by atoms with Crippen molar-refractivity contribution in [2.24, 2.45) is 17.8 Å². The van der Waals surface area contributed by atoms with E-state index >= 15 is 0 Å². The lowest BCUT2D eigenvalue weighted by Crippen LogP contribution is -2.39. The number of likely N-dealkylation sites (tertiary alicyclic amines) is 1. The Morgan fingerprint density at radius 3 is 2.12 bits per heavy atom. The van der Waals surface area contributed by atoms with E-state index in [4.69, 9.17) is 0 Å². The van der Waals surface area contributed by atoms with Crippen LogP contribution in [0.15, 0.2) is 0 Å². The van der Waals surface area contributed by atoms with Gasteiger partial charge >= 0.3 is 0 Å². The van der Waals surface area contributed by atoms with Crippen LogP contribution < -0.4 is 0 Å². The summed E-state index contributed by atoms with van der Waals surface area (Å²) in [6.07, 6.45) is 7.34. The van der Waals surface area contributed by atoms with Crippen molar-refractivity contribution in [3.8, 4) is 0 Å². The first-order valence-electron chi connectivity index (χ1n) is 7.55. The summed E-state index contributed by atoms with van der Waals surface area (Å²) < 4.78 is 0. The van der Waals surface area contributed by atoms with Gasteiger partial charge in [-0.3, -0.25) is 0 Å². The molecule has 2 nitrogen and oxygen atoms in total. The SMILES string of the molecule is CC(C)C1CCN(CC2CCC(O)CC2)CC1. The average Bonchev–Trinajstić information content (AvgIpc) is 2.33. The van der Waals surface area contributed by atoms with Gasteiger partial charge in [0.25, 0.3) is 0 Å². The molecule has 2 fully saturated rings. The molecule has 17 heavy (non-hydrogen) atoms. The third-order valence-corrected chi connectivity index (χ3v) is 4.91. The van der Waals surface area contributed by atoms with E-state index < -0.39 is 0 Å². The van der Waals surface area contributed by atoms with Gasteiger partial charge in [-0.05, 0) is 69.4 Å². The fourth-order valence-corrected chi connectivity index (χ4v) is 3.49. The quantitative estimate of drug-likeness (QED) is 0.818. The van der Waals surface area contributed by atoms with Gasteiger partial charge in [-0.25, -0.2) is 0 Å². The highest BCUT2D eigenvalue weighted by Crippen LogP contribution is 2.28. The van der Waals surface area contributed by atoms with Gasteiger partial charge in [-0.1, -0.05) is 13.8 Å². The molecular weight excluding hydrogens is 210 g/mol. The van der Waals surface area contributed by atoms with E-state index in [1.165, 1.54) is 45.3 Å². The summed E-state index contributed by atoms with van der Waals surface area (Å²) in [5.41, 5.74) is 0. The molecule has 0 aromatic carbocycles. The smallest absolute Gasteiger partial charge is 0.0540 e. The zero-order valence-electron chi connectivity index (χ0n) is 11.6. The molecule has 100 valence electrons. The van der Waals surface area contributed by atoms with Crippen molar-refractivity contribution in [1.29, 1.82) is 0 Å². The summed E-state index contributed by atoms with van der Waals surface area (Å²) in [6, 6.07) is 0. The molecule has 1 saturated heterocycles. The number of nitrogens with zero attached hydrogens (tertiary/aromatic N) is 1. The molecular formula is C15H29NO. The van der Waals surface area contributed by atoms with Crippen molar-refractivity contribution < 1.29 is 5.11 Å². The Kier molecular flexibility index (Phi) is 4.87. The average molecular weight is 239 g/mol. The highest BCUT2D eigenvalue weighted by Gasteiger charge is 2.25. The van der Waals surface area contributed by atoms with Crippen LogP contribution in [-0.4, -0.2) is 35.7 Å². The third kappa shape index (κ3) is 3.96. The molecule has 2 heteroatoms. The maximum absolute atomic E-state index is 9.51. The summed E-state index contributed by atoms with van der Waals surface area (Å²) >= 11 is 0. The first kappa shape index (κ1) is 13.4.